The molecule has 2 aromatic rings. The molecule has 0 radical (unpaired) electrons. The van der Waals surface area contributed by atoms with Crippen LogP contribution in [-0.2, 0) is 0 Å². The average molecular weight is 271 g/mol. The van der Waals surface area contributed by atoms with Gasteiger partial charge in [-0.15, -0.1) is 0 Å². The van der Waals surface area contributed by atoms with Gasteiger partial charge in [0.2, 0.25) is 0 Å². The van der Waals surface area contributed by atoms with Gasteiger partial charge in [-0.05, 0) is 17.7 Å². The van der Waals surface area contributed by atoms with E-state index in [2.05, 4.69) is 24.9 Å². The molecule has 2 nitrogen and oxygen atoms in total. The van der Waals surface area contributed by atoms with Gasteiger partial charge in [-0.25, -0.2) is 0 Å². The number of aliphatic hydroxyl groups excluding tert-OH is 1. The third-order valence-corrected chi connectivity index (χ3v) is 4.16. The predicted molar refractivity (Wildman–Crippen MR) is 84.6 cm³/mol. The molecule has 1 N–H and O–H groups in total. The van der Waals surface area contributed by atoms with E-state index in [0.29, 0.717) is 5.92 Å². The summed E-state index contributed by atoms with van der Waals surface area (Å²) in [5.41, 5.74) is 0.970. The summed E-state index contributed by atoms with van der Waals surface area (Å²) in [6.45, 7) is 4.44. The zero-order chi connectivity index (χ0) is 14.4. The molecular formula is C18H25NO. The lowest BCUT2D eigenvalue weighted by atomic mass is 9.90. The van der Waals surface area contributed by atoms with E-state index >= 15 is 0 Å². The van der Waals surface area contributed by atoms with E-state index in [4.69, 9.17) is 0 Å². The van der Waals surface area contributed by atoms with Crippen molar-refractivity contribution in [3.63, 3.8) is 0 Å². The van der Waals surface area contributed by atoms with E-state index in [0.717, 1.165) is 29.2 Å². The first-order chi connectivity index (χ1) is 9.76. The van der Waals surface area contributed by atoms with Crippen LogP contribution in [0.5, 0.6) is 0 Å². The Hall–Kier alpha value is -1.41. The minimum absolute atomic E-state index is 0.407. The molecule has 108 valence electrons. The first-order valence-electron chi connectivity index (χ1n) is 7.77. The fraction of sp³-hybridized carbons (Fsp3) is 0.500. The summed E-state index contributed by atoms with van der Waals surface area (Å²) in [6.07, 6.45) is 8.93. The number of aliphatic hydroxyl groups is 1. The summed E-state index contributed by atoms with van der Waals surface area (Å²) < 4.78 is 0. The van der Waals surface area contributed by atoms with Crippen molar-refractivity contribution in [2.75, 3.05) is 0 Å². The summed E-state index contributed by atoms with van der Waals surface area (Å²) in [7, 11) is 0. The van der Waals surface area contributed by atoms with E-state index < -0.39 is 6.10 Å². The number of unbranched alkanes of at least 4 members (excludes halogenated alkanes) is 1. The molecule has 0 fully saturated rings. The van der Waals surface area contributed by atoms with Crippen molar-refractivity contribution in [2.45, 2.75) is 52.1 Å². The molecule has 0 aliphatic rings. The zero-order valence-corrected chi connectivity index (χ0v) is 12.5. The van der Waals surface area contributed by atoms with Gasteiger partial charge in [-0.1, -0.05) is 63.8 Å². The molecule has 1 aromatic carbocycles. The molecule has 1 aromatic heterocycles. The van der Waals surface area contributed by atoms with Crippen LogP contribution in [0.15, 0.2) is 36.7 Å². The third kappa shape index (κ3) is 3.57. The van der Waals surface area contributed by atoms with Gasteiger partial charge in [0.05, 0.1) is 6.10 Å². The third-order valence-electron chi connectivity index (χ3n) is 4.16. The maximum atomic E-state index is 10.6. The summed E-state index contributed by atoms with van der Waals surface area (Å²) in [5.74, 6) is 0.601. The van der Waals surface area contributed by atoms with Crippen LogP contribution in [0.3, 0.4) is 0 Å². The van der Waals surface area contributed by atoms with Crippen LogP contribution in [0.25, 0.3) is 10.8 Å². The van der Waals surface area contributed by atoms with Crippen molar-refractivity contribution in [3.05, 3.63) is 42.2 Å². The van der Waals surface area contributed by atoms with Crippen molar-refractivity contribution < 1.29 is 5.11 Å². The molecule has 0 amide bonds. The van der Waals surface area contributed by atoms with E-state index in [1.165, 1.54) is 19.3 Å². The predicted octanol–water partition coefficient (Wildman–Crippen LogP) is 4.87. The Morgan fingerprint density at radius 2 is 1.95 bits per heavy atom. The molecule has 20 heavy (non-hydrogen) atoms. The number of rotatable bonds is 7. The Bertz CT molecular complexity index is 532. The second-order valence-corrected chi connectivity index (χ2v) is 5.62. The molecule has 2 heteroatoms. The lowest BCUT2D eigenvalue weighted by molar-refractivity contribution is 0.140. The second-order valence-electron chi connectivity index (χ2n) is 5.62. The minimum Gasteiger partial charge on any atom is -0.388 e. The molecule has 2 rings (SSSR count). The van der Waals surface area contributed by atoms with Crippen LogP contribution in [0.2, 0.25) is 0 Å². The van der Waals surface area contributed by atoms with Crippen molar-refractivity contribution >= 4 is 10.8 Å². The van der Waals surface area contributed by atoms with Gasteiger partial charge < -0.3 is 5.11 Å². The van der Waals surface area contributed by atoms with Crippen LogP contribution in [-0.4, -0.2) is 10.1 Å². The number of fused-ring (bicyclic) bond motifs is 1. The maximum absolute atomic E-state index is 10.6. The molecule has 2 atom stereocenters. The Balaban J connectivity index is 2.16. The van der Waals surface area contributed by atoms with Crippen molar-refractivity contribution in [2.24, 2.45) is 5.92 Å². The quantitative estimate of drug-likeness (QED) is 0.779. The fourth-order valence-electron chi connectivity index (χ4n) is 2.83. The zero-order valence-electron chi connectivity index (χ0n) is 12.5. The van der Waals surface area contributed by atoms with Crippen LogP contribution >= 0.6 is 0 Å². The average Bonchev–Trinajstić information content (AvgIpc) is 2.50. The summed E-state index contributed by atoms with van der Waals surface area (Å²) in [6, 6.07) is 8.15. The number of hydrogen-bond acceptors (Lipinski definition) is 2. The molecular weight excluding hydrogens is 246 g/mol. The molecule has 0 aliphatic carbocycles. The largest absolute Gasteiger partial charge is 0.388 e. The number of nitrogens with zero attached hydrogens (tertiary/aromatic N) is 1. The fourth-order valence-corrected chi connectivity index (χ4v) is 2.83. The first-order valence-corrected chi connectivity index (χ1v) is 7.77. The Kier molecular flexibility index (Phi) is 5.54. The van der Waals surface area contributed by atoms with Crippen LogP contribution in [0, 0.1) is 5.92 Å². The highest BCUT2D eigenvalue weighted by molar-refractivity contribution is 5.84. The van der Waals surface area contributed by atoms with Gasteiger partial charge in [0.25, 0.3) is 0 Å². The van der Waals surface area contributed by atoms with E-state index in [-0.39, 0.29) is 0 Å². The highest BCUT2D eigenvalue weighted by Gasteiger charge is 2.16. The SMILES string of the molecule is CCCCC(CC)CC(O)c1cncc2ccccc12. The minimum atomic E-state index is -0.407. The Morgan fingerprint density at radius 3 is 2.70 bits per heavy atom. The van der Waals surface area contributed by atoms with Gasteiger partial charge in [-0.2, -0.15) is 0 Å². The topological polar surface area (TPSA) is 33.1 Å². The van der Waals surface area contributed by atoms with Crippen LogP contribution in [0.4, 0.5) is 0 Å². The molecule has 0 spiro atoms. The summed E-state index contributed by atoms with van der Waals surface area (Å²) in [4.78, 5) is 4.27. The van der Waals surface area contributed by atoms with E-state index in [9.17, 15) is 5.11 Å². The van der Waals surface area contributed by atoms with Crippen LogP contribution in [0.1, 0.15) is 57.6 Å². The van der Waals surface area contributed by atoms with Gasteiger partial charge in [0.1, 0.15) is 0 Å². The van der Waals surface area contributed by atoms with E-state index in [1.807, 2.05) is 30.6 Å². The molecule has 1 heterocycles. The molecule has 0 saturated heterocycles. The second kappa shape index (κ2) is 7.39. The lowest BCUT2D eigenvalue weighted by Gasteiger charge is -2.20. The monoisotopic (exact) mass is 271 g/mol. The van der Waals surface area contributed by atoms with Crippen molar-refractivity contribution in [1.29, 1.82) is 0 Å². The van der Waals surface area contributed by atoms with Gasteiger partial charge >= 0.3 is 0 Å². The summed E-state index contributed by atoms with van der Waals surface area (Å²) >= 11 is 0. The first kappa shape index (κ1) is 15.0. The van der Waals surface area contributed by atoms with Crippen molar-refractivity contribution in [1.82, 2.24) is 4.98 Å². The smallest absolute Gasteiger partial charge is 0.0813 e. The van der Waals surface area contributed by atoms with E-state index in [1.54, 1.807) is 0 Å². The van der Waals surface area contributed by atoms with Gasteiger partial charge in [-0.3, -0.25) is 4.98 Å². The highest BCUT2D eigenvalue weighted by Crippen LogP contribution is 2.30. The molecule has 0 saturated carbocycles. The molecule has 0 bridgehead atoms. The standard InChI is InChI=1S/C18H25NO/c1-3-5-8-14(4-2)11-18(20)17-13-19-12-15-9-6-7-10-16(15)17/h6-7,9-10,12-14,18,20H,3-5,8,11H2,1-2H3. The van der Waals surface area contributed by atoms with Gasteiger partial charge in [0, 0.05) is 23.3 Å². The number of benzene rings is 1. The van der Waals surface area contributed by atoms with Crippen molar-refractivity contribution in [3.8, 4) is 0 Å². The number of pyridine rings is 1. The van der Waals surface area contributed by atoms with Crippen LogP contribution < -0.4 is 0 Å². The maximum Gasteiger partial charge on any atom is 0.0813 e. The normalized spacial score (nSPS) is 14.3. The number of aromatic nitrogens is 1. The number of hydrogen-bond donors (Lipinski definition) is 1. The molecule has 0 aliphatic heterocycles. The lowest BCUT2D eigenvalue weighted by Crippen LogP contribution is -2.08. The molecule has 2 unspecified atom stereocenters. The highest BCUT2D eigenvalue weighted by atomic mass is 16.3. The Morgan fingerprint density at radius 1 is 1.15 bits per heavy atom. The Labute approximate surface area is 121 Å². The van der Waals surface area contributed by atoms with Gasteiger partial charge in [0.15, 0.2) is 0 Å². The summed E-state index contributed by atoms with van der Waals surface area (Å²) in [5, 5.41) is 12.8.